The molecular weight excluding hydrogens is 352 g/mol. The minimum Gasteiger partial charge on any atom is -0.335 e. The Morgan fingerprint density at radius 1 is 1.14 bits per heavy atom. The summed E-state index contributed by atoms with van der Waals surface area (Å²) in [6.07, 6.45) is 2.55. The number of benzene rings is 1. The number of aryl methyl sites for hydroxylation is 1. The molecule has 0 spiro atoms. The first-order valence-corrected chi connectivity index (χ1v) is 9.58. The Hall–Kier alpha value is -3.06. The van der Waals surface area contributed by atoms with E-state index in [1.54, 1.807) is 12.3 Å². The zero-order chi connectivity index (χ0) is 19.3. The van der Waals surface area contributed by atoms with Crippen molar-refractivity contribution in [1.82, 2.24) is 30.0 Å². The maximum atomic E-state index is 13.0. The smallest absolute Gasteiger partial charge is 0.272 e. The van der Waals surface area contributed by atoms with Crippen molar-refractivity contribution in [2.24, 2.45) is 0 Å². The number of aromatic nitrogens is 4. The number of hydrogen-bond acceptors (Lipinski definition) is 5. The molecule has 1 aromatic carbocycles. The Bertz CT molecular complexity index is 911. The van der Waals surface area contributed by atoms with Crippen LogP contribution in [-0.2, 0) is 6.54 Å². The average molecular weight is 376 g/mol. The van der Waals surface area contributed by atoms with E-state index < -0.39 is 0 Å². The number of H-pyrrole nitrogens is 1. The lowest BCUT2D eigenvalue weighted by Gasteiger charge is -2.29. The highest BCUT2D eigenvalue weighted by Gasteiger charge is 2.31. The van der Waals surface area contributed by atoms with Gasteiger partial charge in [-0.1, -0.05) is 36.4 Å². The van der Waals surface area contributed by atoms with Crippen molar-refractivity contribution in [1.29, 1.82) is 0 Å². The molecule has 4 rings (SSSR count). The Morgan fingerprint density at radius 3 is 2.68 bits per heavy atom. The number of amides is 1. The van der Waals surface area contributed by atoms with Crippen LogP contribution in [0.2, 0.25) is 0 Å². The third kappa shape index (κ3) is 4.09. The van der Waals surface area contributed by atoms with Crippen LogP contribution >= 0.6 is 0 Å². The van der Waals surface area contributed by atoms with Gasteiger partial charge in [-0.2, -0.15) is 5.10 Å². The van der Waals surface area contributed by atoms with Crippen LogP contribution in [0.1, 0.15) is 40.2 Å². The summed E-state index contributed by atoms with van der Waals surface area (Å²) in [5.74, 6) is 1.47. The van der Waals surface area contributed by atoms with Gasteiger partial charge in [-0.05, 0) is 31.0 Å². The van der Waals surface area contributed by atoms with Crippen molar-refractivity contribution in [2.75, 3.05) is 19.6 Å². The summed E-state index contributed by atoms with van der Waals surface area (Å²) in [5.41, 5.74) is 1.72. The number of hydrogen-bond donors (Lipinski definition) is 1. The normalized spacial score (nSPS) is 18.0. The first kappa shape index (κ1) is 18.3. The van der Waals surface area contributed by atoms with Crippen LogP contribution in [0, 0.1) is 6.92 Å². The van der Waals surface area contributed by atoms with Crippen LogP contribution in [0.5, 0.6) is 0 Å². The van der Waals surface area contributed by atoms with Gasteiger partial charge in [0.05, 0.1) is 6.04 Å². The molecule has 144 valence electrons. The number of aromatic amines is 1. The molecule has 7 nitrogen and oxygen atoms in total. The quantitative estimate of drug-likeness (QED) is 0.757. The lowest BCUT2D eigenvalue weighted by molar-refractivity contribution is 0.0720. The predicted octanol–water partition coefficient (Wildman–Crippen LogP) is 2.60. The van der Waals surface area contributed by atoms with E-state index in [1.165, 1.54) is 5.56 Å². The molecule has 1 unspecified atom stereocenters. The molecule has 1 amide bonds. The van der Waals surface area contributed by atoms with Crippen molar-refractivity contribution in [3.05, 3.63) is 77.6 Å². The minimum absolute atomic E-state index is 0.0422. The van der Waals surface area contributed by atoms with Gasteiger partial charge in [-0.25, -0.2) is 4.98 Å². The highest BCUT2D eigenvalue weighted by molar-refractivity contribution is 5.92. The van der Waals surface area contributed by atoms with Crippen molar-refractivity contribution in [3.8, 4) is 0 Å². The van der Waals surface area contributed by atoms with Crippen LogP contribution in [0.15, 0.2) is 54.7 Å². The summed E-state index contributed by atoms with van der Waals surface area (Å²) in [7, 11) is 0. The molecule has 3 heterocycles. The largest absolute Gasteiger partial charge is 0.335 e. The van der Waals surface area contributed by atoms with E-state index in [1.807, 2.05) is 30.0 Å². The highest BCUT2D eigenvalue weighted by atomic mass is 16.2. The molecular formula is C21H24N6O. The first-order valence-electron chi connectivity index (χ1n) is 9.58. The van der Waals surface area contributed by atoms with Gasteiger partial charge in [0.1, 0.15) is 11.5 Å². The van der Waals surface area contributed by atoms with Gasteiger partial charge in [0, 0.05) is 32.4 Å². The van der Waals surface area contributed by atoms with Crippen LogP contribution in [0.3, 0.4) is 0 Å². The minimum atomic E-state index is -0.0691. The molecule has 0 aliphatic carbocycles. The first-order chi connectivity index (χ1) is 13.7. The summed E-state index contributed by atoms with van der Waals surface area (Å²) in [5, 5.41) is 7.35. The predicted molar refractivity (Wildman–Crippen MR) is 105 cm³/mol. The second-order valence-corrected chi connectivity index (χ2v) is 7.07. The molecule has 0 radical (unpaired) electrons. The van der Waals surface area contributed by atoms with Gasteiger partial charge in [-0.15, -0.1) is 0 Å². The summed E-state index contributed by atoms with van der Waals surface area (Å²) in [6.45, 7) is 4.80. The highest BCUT2D eigenvalue weighted by Crippen LogP contribution is 2.25. The zero-order valence-corrected chi connectivity index (χ0v) is 16.0. The second kappa shape index (κ2) is 8.31. The van der Waals surface area contributed by atoms with Crippen LogP contribution in [0.25, 0.3) is 0 Å². The summed E-state index contributed by atoms with van der Waals surface area (Å²) >= 11 is 0. The van der Waals surface area contributed by atoms with E-state index in [0.717, 1.165) is 31.2 Å². The molecule has 0 bridgehead atoms. The topological polar surface area (TPSA) is 78.0 Å². The summed E-state index contributed by atoms with van der Waals surface area (Å²) in [4.78, 5) is 26.0. The Balaban J connectivity index is 1.60. The molecule has 1 fully saturated rings. The SMILES string of the molecule is Cc1nc(C2CN(C(=O)c3ccccn3)CCCN2Cc2ccccc2)n[nH]1. The van der Waals surface area contributed by atoms with E-state index in [2.05, 4.69) is 49.3 Å². The molecule has 1 atom stereocenters. The molecule has 1 aliphatic heterocycles. The molecule has 0 saturated carbocycles. The Labute approximate surface area is 164 Å². The maximum Gasteiger partial charge on any atom is 0.272 e. The third-order valence-corrected chi connectivity index (χ3v) is 5.02. The van der Waals surface area contributed by atoms with Crippen molar-refractivity contribution in [3.63, 3.8) is 0 Å². The number of pyridine rings is 1. The van der Waals surface area contributed by atoms with Gasteiger partial charge in [0.2, 0.25) is 0 Å². The summed E-state index contributed by atoms with van der Waals surface area (Å²) in [6, 6.07) is 15.7. The average Bonchev–Trinajstić information content (AvgIpc) is 3.05. The van der Waals surface area contributed by atoms with Crippen molar-refractivity contribution >= 4 is 5.91 Å². The number of rotatable bonds is 4. The van der Waals surface area contributed by atoms with Crippen LogP contribution in [0.4, 0.5) is 0 Å². The molecule has 1 N–H and O–H groups in total. The number of carbonyl (C=O) groups is 1. The molecule has 7 heteroatoms. The van der Waals surface area contributed by atoms with Crippen molar-refractivity contribution < 1.29 is 4.79 Å². The maximum absolute atomic E-state index is 13.0. The van der Waals surface area contributed by atoms with Gasteiger partial charge >= 0.3 is 0 Å². The number of nitrogens with one attached hydrogen (secondary N) is 1. The molecule has 2 aromatic heterocycles. The van der Waals surface area contributed by atoms with Crippen LogP contribution < -0.4 is 0 Å². The molecule has 28 heavy (non-hydrogen) atoms. The molecule has 1 saturated heterocycles. The number of carbonyl (C=O) groups excluding carboxylic acids is 1. The fourth-order valence-electron chi connectivity index (χ4n) is 3.63. The van der Waals surface area contributed by atoms with E-state index in [4.69, 9.17) is 0 Å². The van der Waals surface area contributed by atoms with Gasteiger partial charge in [-0.3, -0.25) is 19.8 Å². The fourth-order valence-corrected chi connectivity index (χ4v) is 3.63. The molecule has 1 aliphatic rings. The summed E-state index contributed by atoms with van der Waals surface area (Å²) < 4.78 is 0. The lowest BCUT2D eigenvalue weighted by atomic mass is 10.1. The lowest BCUT2D eigenvalue weighted by Crippen LogP contribution is -2.38. The van der Waals surface area contributed by atoms with Crippen LogP contribution in [-0.4, -0.2) is 55.5 Å². The van der Waals surface area contributed by atoms with Gasteiger partial charge in [0.15, 0.2) is 5.82 Å². The molecule has 3 aromatic rings. The third-order valence-electron chi connectivity index (χ3n) is 5.02. The second-order valence-electron chi connectivity index (χ2n) is 7.07. The monoisotopic (exact) mass is 376 g/mol. The van der Waals surface area contributed by atoms with E-state index >= 15 is 0 Å². The standard InChI is InChI=1S/C21H24N6O/c1-16-23-20(25-24-16)19-15-27(21(28)18-10-5-6-11-22-18)13-7-12-26(19)14-17-8-3-2-4-9-17/h2-6,8-11,19H,7,12-15H2,1H3,(H,23,24,25). The van der Waals surface area contributed by atoms with Gasteiger partial charge in [0.25, 0.3) is 5.91 Å². The Morgan fingerprint density at radius 2 is 1.96 bits per heavy atom. The van der Waals surface area contributed by atoms with Gasteiger partial charge < -0.3 is 4.90 Å². The van der Waals surface area contributed by atoms with E-state index in [9.17, 15) is 4.79 Å². The van der Waals surface area contributed by atoms with E-state index in [0.29, 0.717) is 18.8 Å². The number of nitrogens with zero attached hydrogens (tertiary/aromatic N) is 5. The van der Waals surface area contributed by atoms with Crippen molar-refractivity contribution in [2.45, 2.75) is 25.9 Å². The van der Waals surface area contributed by atoms with E-state index in [-0.39, 0.29) is 11.9 Å². The zero-order valence-electron chi connectivity index (χ0n) is 16.0. The fraction of sp³-hybridized carbons (Fsp3) is 0.333. The Kier molecular flexibility index (Phi) is 5.43.